The maximum Gasteiger partial charge on any atom is 0.347 e. The second kappa shape index (κ2) is 6.10. The second-order valence-electron chi connectivity index (χ2n) is 7.09. The van der Waals surface area contributed by atoms with E-state index in [0.717, 1.165) is 45.6 Å². The molecular weight excluding hydrogens is 324 g/mol. The first-order chi connectivity index (χ1) is 12.1. The number of aromatic nitrogens is 2. The van der Waals surface area contributed by atoms with Gasteiger partial charge in [0.05, 0.1) is 26.9 Å². The maximum absolute atomic E-state index is 12.2. The lowest BCUT2D eigenvalue weighted by molar-refractivity contribution is -0.172. The number of nitrogens with one attached hydrogen (secondary N) is 1. The highest BCUT2D eigenvalue weighted by Crippen LogP contribution is 2.64. The highest BCUT2D eigenvalue weighted by molar-refractivity contribution is 5.97. The van der Waals surface area contributed by atoms with Crippen molar-refractivity contribution >= 4 is 11.8 Å². The lowest BCUT2D eigenvalue weighted by Gasteiger charge is -2.74. The molecule has 1 aromatic heterocycles. The third kappa shape index (κ3) is 2.64. The summed E-state index contributed by atoms with van der Waals surface area (Å²) in [7, 11) is 1.35. The van der Waals surface area contributed by atoms with Gasteiger partial charge in [-0.25, -0.2) is 14.8 Å². The van der Waals surface area contributed by atoms with Gasteiger partial charge < -0.3 is 19.5 Å². The Labute approximate surface area is 146 Å². The summed E-state index contributed by atoms with van der Waals surface area (Å²) in [6.07, 6.45) is 4.61. The number of nitrogens with zero attached hydrogens (tertiary/aromatic N) is 3. The Morgan fingerprint density at radius 1 is 1.32 bits per heavy atom. The van der Waals surface area contributed by atoms with E-state index < -0.39 is 5.97 Å². The Balaban J connectivity index is 1.49. The molecule has 5 rings (SSSR count). The van der Waals surface area contributed by atoms with E-state index in [0.29, 0.717) is 18.0 Å². The zero-order valence-corrected chi connectivity index (χ0v) is 14.7. The summed E-state index contributed by atoms with van der Waals surface area (Å²) in [6, 6.07) is 0. The van der Waals surface area contributed by atoms with Crippen LogP contribution in [-0.2, 0) is 9.47 Å². The van der Waals surface area contributed by atoms with Gasteiger partial charge in [0.1, 0.15) is 12.1 Å². The molecule has 2 bridgehead atoms. The number of carbonyl (C=O) groups is 1. The fraction of sp³-hybridized carbons (Fsp3) is 0.706. The predicted octanol–water partition coefficient (Wildman–Crippen LogP) is 1.08. The molecule has 1 aliphatic heterocycles. The SMILES string of the molecule is CCOc1ncnc(NC23CC(N4CCOCC4)(C2)C3)c1C(=O)OC. The zero-order valence-electron chi connectivity index (χ0n) is 14.7. The minimum atomic E-state index is -0.485. The summed E-state index contributed by atoms with van der Waals surface area (Å²) in [5.41, 5.74) is 0.591. The van der Waals surface area contributed by atoms with Gasteiger partial charge in [-0.3, -0.25) is 4.90 Å². The molecule has 3 saturated carbocycles. The first kappa shape index (κ1) is 16.5. The molecule has 8 heteroatoms. The van der Waals surface area contributed by atoms with Gasteiger partial charge in [0.15, 0.2) is 5.56 Å². The van der Waals surface area contributed by atoms with Crippen molar-refractivity contribution in [3.05, 3.63) is 11.9 Å². The Kier molecular flexibility index (Phi) is 4.04. The zero-order chi connectivity index (χ0) is 17.5. The molecule has 0 aromatic carbocycles. The normalized spacial score (nSPS) is 30.8. The number of anilines is 1. The molecule has 1 N–H and O–H groups in total. The Morgan fingerprint density at radius 2 is 2.04 bits per heavy atom. The Hall–Kier alpha value is -1.93. The summed E-state index contributed by atoms with van der Waals surface area (Å²) >= 11 is 0. The van der Waals surface area contributed by atoms with Crippen LogP contribution in [0.5, 0.6) is 5.88 Å². The van der Waals surface area contributed by atoms with Crippen molar-refractivity contribution in [2.45, 2.75) is 37.3 Å². The van der Waals surface area contributed by atoms with Gasteiger partial charge in [-0.05, 0) is 26.2 Å². The quantitative estimate of drug-likeness (QED) is 0.765. The molecule has 1 saturated heterocycles. The average Bonchev–Trinajstić information content (AvgIpc) is 2.57. The third-order valence-corrected chi connectivity index (χ3v) is 5.55. The molecular formula is C17H24N4O4. The molecule has 0 spiro atoms. The van der Waals surface area contributed by atoms with Crippen molar-refractivity contribution in [2.75, 3.05) is 45.3 Å². The molecule has 25 heavy (non-hydrogen) atoms. The smallest absolute Gasteiger partial charge is 0.347 e. The molecule has 2 heterocycles. The fourth-order valence-corrected chi connectivity index (χ4v) is 4.49. The van der Waals surface area contributed by atoms with Crippen LogP contribution in [0.1, 0.15) is 36.5 Å². The maximum atomic E-state index is 12.2. The van der Waals surface area contributed by atoms with Gasteiger partial charge in [0.2, 0.25) is 5.88 Å². The molecule has 8 nitrogen and oxygen atoms in total. The number of ether oxygens (including phenoxy) is 3. The average molecular weight is 348 g/mol. The van der Waals surface area contributed by atoms with Gasteiger partial charge in [0.25, 0.3) is 0 Å². The molecule has 0 amide bonds. The number of hydrogen-bond donors (Lipinski definition) is 1. The van der Waals surface area contributed by atoms with Crippen LogP contribution in [0.4, 0.5) is 5.82 Å². The van der Waals surface area contributed by atoms with E-state index in [9.17, 15) is 4.79 Å². The highest BCUT2D eigenvalue weighted by atomic mass is 16.5. The van der Waals surface area contributed by atoms with Crippen LogP contribution in [0.25, 0.3) is 0 Å². The highest BCUT2D eigenvalue weighted by Gasteiger charge is 2.70. The van der Waals surface area contributed by atoms with Crippen molar-refractivity contribution in [2.24, 2.45) is 0 Å². The monoisotopic (exact) mass is 348 g/mol. The van der Waals surface area contributed by atoms with Crippen LogP contribution in [0, 0.1) is 0 Å². The van der Waals surface area contributed by atoms with E-state index in [2.05, 4.69) is 20.2 Å². The lowest BCUT2D eigenvalue weighted by Crippen LogP contribution is -2.82. The molecule has 4 fully saturated rings. The Morgan fingerprint density at radius 3 is 2.68 bits per heavy atom. The van der Waals surface area contributed by atoms with Crippen molar-refractivity contribution in [3.63, 3.8) is 0 Å². The third-order valence-electron chi connectivity index (χ3n) is 5.55. The van der Waals surface area contributed by atoms with Gasteiger partial charge in [-0.15, -0.1) is 0 Å². The van der Waals surface area contributed by atoms with Crippen LogP contribution < -0.4 is 10.1 Å². The standard InChI is InChI=1S/C17H24N4O4/c1-3-25-14-12(15(22)23-2)13(18-11-19-14)20-16-8-17(9-16,10-16)21-4-6-24-7-5-21/h11H,3-10H2,1-2H3,(H,18,19,20). The van der Waals surface area contributed by atoms with Gasteiger partial charge in [-0.2, -0.15) is 0 Å². The lowest BCUT2D eigenvalue weighted by atomic mass is 9.43. The predicted molar refractivity (Wildman–Crippen MR) is 89.9 cm³/mol. The van der Waals surface area contributed by atoms with Gasteiger partial charge in [0, 0.05) is 24.2 Å². The van der Waals surface area contributed by atoms with E-state index in [1.54, 1.807) is 0 Å². The number of hydrogen-bond acceptors (Lipinski definition) is 8. The number of morpholine rings is 1. The van der Waals surface area contributed by atoms with Crippen LogP contribution in [-0.4, -0.2) is 71.9 Å². The van der Waals surface area contributed by atoms with Gasteiger partial charge in [-0.1, -0.05) is 0 Å². The fourth-order valence-electron chi connectivity index (χ4n) is 4.49. The van der Waals surface area contributed by atoms with E-state index >= 15 is 0 Å². The first-order valence-electron chi connectivity index (χ1n) is 8.78. The minimum Gasteiger partial charge on any atom is -0.477 e. The number of methoxy groups -OCH3 is 1. The summed E-state index contributed by atoms with van der Waals surface area (Å²) in [6.45, 7) is 5.92. The molecule has 0 unspecified atom stereocenters. The topological polar surface area (TPSA) is 85.8 Å². The summed E-state index contributed by atoms with van der Waals surface area (Å²) in [5, 5.41) is 3.48. The van der Waals surface area contributed by atoms with Crippen molar-refractivity contribution in [3.8, 4) is 5.88 Å². The van der Waals surface area contributed by atoms with Crippen molar-refractivity contribution < 1.29 is 19.0 Å². The Bertz CT molecular complexity index is 655. The molecule has 4 aliphatic rings. The molecule has 136 valence electrons. The largest absolute Gasteiger partial charge is 0.477 e. The van der Waals surface area contributed by atoms with Crippen LogP contribution in [0.3, 0.4) is 0 Å². The molecule has 3 aliphatic carbocycles. The van der Waals surface area contributed by atoms with E-state index in [4.69, 9.17) is 14.2 Å². The van der Waals surface area contributed by atoms with E-state index in [1.807, 2.05) is 6.92 Å². The number of rotatable bonds is 6. The number of carbonyl (C=O) groups excluding carboxylic acids is 1. The summed E-state index contributed by atoms with van der Waals surface area (Å²) < 4.78 is 15.8. The van der Waals surface area contributed by atoms with Crippen LogP contribution >= 0.6 is 0 Å². The van der Waals surface area contributed by atoms with Crippen LogP contribution in [0.2, 0.25) is 0 Å². The van der Waals surface area contributed by atoms with Crippen molar-refractivity contribution in [1.82, 2.24) is 14.9 Å². The summed E-state index contributed by atoms with van der Waals surface area (Å²) in [4.78, 5) is 23.1. The summed E-state index contributed by atoms with van der Waals surface area (Å²) in [5.74, 6) is 0.281. The number of esters is 1. The van der Waals surface area contributed by atoms with E-state index in [1.165, 1.54) is 13.4 Å². The molecule has 0 atom stereocenters. The first-order valence-corrected chi connectivity index (χ1v) is 8.78. The molecule has 0 radical (unpaired) electrons. The second-order valence-corrected chi connectivity index (χ2v) is 7.09. The van der Waals surface area contributed by atoms with E-state index in [-0.39, 0.29) is 17.0 Å². The van der Waals surface area contributed by atoms with Gasteiger partial charge >= 0.3 is 5.97 Å². The van der Waals surface area contributed by atoms with Crippen LogP contribution in [0.15, 0.2) is 6.33 Å². The molecule has 1 aromatic rings. The minimum absolute atomic E-state index is 0.0128. The van der Waals surface area contributed by atoms with Crippen molar-refractivity contribution in [1.29, 1.82) is 0 Å².